The summed E-state index contributed by atoms with van der Waals surface area (Å²) in [6.07, 6.45) is 2.63. The van der Waals surface area contributed by atoms with Crippen LogP contribution in [0.3, 0.4) is 0 Å². The van der Waals surface area contributed by atoms with Crippen LogP contribution in [0.4, 0.5) is 5.69 Å². The summed E-state index contributed by atoms with van der Waals surface area (Å²) >= 11 is 0. The Morgan fingerprint density at radius 2 is 2.30 bits per heavy atom. The molecule has 1 N–H and O–H groups in total. The average Bonchev–Trinajstić information content (AvgIpc) is 3.13. The molecule has 104 valence electrons. The molecular weight excluding hydrogens is 252 g/mol. The lowest BCUT2D eigenvalue weighted by atomic mass is 10.2. The highest BCUT2D eigenvalue weighted by Gasteiger charge is 2.22. The van der Waals surface area contributed by atoms with Gasteiger partial charge in [0.15, 0.2) is 5.96 Å². The minimum Gasteiger partial charge on any atom is -0.364 e. The van der Waals surface area contributed by atoms with Crippen LogP contribution < -0.4 is 10.2 Å². The summed E-state index contributed by atoms with van der Waals surface area (Å²) in [5.41, 5.74) is 3.46. The Hall–Kier alpha value is -2.30. The van der Waals surface area contributed by atoms with E-state index in [-0.39, 0.29) is 0 Å². The molecule has 3 rings (SSSR count). The number of guanidine groups is 1. The third-order valence-electron chi connectivity index (χ3n) is 3.36. The van der Waals surface area contributed by atoms with Crippen LogP contribution >= 0.6 is 0 Å². The summed E-state index contributed by atoms with van der Waals surface area (Å²) < 4.78 is 4.84. The molecule has 1 aliphatic heterocycles. The molecule has 0 atom stereocenters. The van der Waals surface area contributed by atoms with E-state index in [2.05, 4.69) is 51.6 Å². The van der Waals surface area contributed by atoms with Gasteiger partial charge in [-0.05, 0) is 25.0 Å². The van der Waals surface area contributed by atoms with Crippen molar-refractivity contribution in [3.8, 4) is 0 Å². The van der Waals surface area contributed by atoms with E-state index in [1.165, 1.54) is 11.3 Å². The number of aliphatic imine (C=N–C) groups is 1. The van der Waals surface area contributed by atoms with Gasteiger partial charge in [-0.2, -0.15) is 0 Å². The topological polar surface area (TPSA) is 53.7 Å². The van der Waals surface area contributed by atoms with Crippen molar-refractivity contribution in [3.63, 3.8) is 0 Å². The minimum absolute atomic E-state index is 0.525. The van der Waals surface area contributed by atoms with Crippen molar-refractivity contribution in [2.45, 2.75) is 19.9 Å². The first-order valence-electron chi connectivity index (χ1n) is 6.91. The zero-order valence-corrected chi connectivity index (χ0v) is 11.5. The van der Waals surface area contributed by atoms with Crippen LogP contribution in [0, 0.1) is 0 Å². The summed E-state index contributed by atoms with van der Waals surface area (Å²) in [6, 6.07) is 10.3. The number of benzene rings is 1. The van der Waals surface area contributed by atoms with E-state index in [1.54, 1.807) is 6.26 Å². The number of fused-ring (bicyclic) bond motifs is 1. The Bertz CT molecular complexity index is 592. The summed E-state index contributed by atoms with van der Waals surface area (Å²) in [6.45, 7) is 4.41. The molecule has 0 spiro atoms. The highest BCUT2D eigenvalue weighted by Crippen LogP contribution is 2.27. The van der Waals surface area contributed by atoms with E-state index in [0.717, 1.165) is 31.2 Å². The molecule has 5 heteroatoms. The highest BCUT2D eigenvalue weighted by atomic mass is 16.5. The van der Waals surface area contributed by atoms with Gasteiger partial charge in [0.05, 0.1) is 6.54 Å². The van der Waals surface area contributed by atoms with Crippen LogP contribution in [0.5, 0.6) is 0 Å². The first-order valence-corrected chi connectivity index (χ1v) is 6.91. The quantitative estimate of drug-likeness (QED) is 0.686. The second kappa shape index (κ2) is 5.77. The smallest absolute Gasteiger partial charge is 0.198 e. The Morgan fingerprint density at radius 3 is 3.10 bits per heavy atom. The maximum absolute atomic E-state index is 4.84. The molecule has 2 aromatic rings. The van der Waals surface area contributed by atoms with Crippen molar-refractivity contribution in [1.82, 2.24) is 10.5 Å². The predicted octanol–water partition coefficient (Wildman–Crippen LogP) is 2.20. The van der Waals surface area contributed by atoms with E-state index in [1.807, 2.05) is 6.07 Å². The first kappa shape index (κ1) is 12.7. The fourth-order valence-electron chi connectivity index (χ4n) is 2.43. The Kier molecular flexibility index (Phi) is 3.67. The number of hydrogen-bond donors (Lipinski definition) is 1. The minimum atomic E-state index is 0.525. The predicted molar refractivity (Wildman–Crippen MR) is 78.8 cm³/mol. The lowest BCUT2D eigenvalue weighted by Gasteiger charge is -2.22. The van der Waals surface area contributed by atoms with Gasteiger partial charge < -0.3 is 14.7 Å². The first-order chi connectivity index (χ1) is 9.88. The van der Waals surface area contributed by atoms with Crippen LogP contribution in [0.1, 0.15) is 18.2 Å². The molecule has 5 nitrogen and oxygen atoms in total. The number of anilines is 1. The highest BCUT2D eigenvalue weighted by molar-refractivity contribution is 5.97. The second-order valence-corrected chi connectivity index (χ2v) is 4.69. The Morgan fingerprint density at radius 1 is 1.40 bits per heavy atom. The number of aromatic nitrogens is 1. The van der Waals surface area contributed by atoms with Crippen molar-refractivity contribution < 1.29 is 4.52 Å². The van der Waals surface area contributed by atoms with Gasteiger partial charge in [-0.3, -0.25) is 0 Å². The maximum atomic E-state index is 4.84. The zero-order valence-electron chi connectivity index (χ0n) is 11.5. The van der Waals surface area contributed by atoms with Crippen molar-refractivity contribution >= 4 is 11.6 Å². The van der Waals surface area contributed by atoms with Gasteiger partial charge >= 0.3 is 0 Å². The Balaban J connectivity index is 1.82. The molecule has 0 aliphatic carbocycles. The van der Waals surface area contributed by atoms with Crippen LogP contribution in [0.15, 0.2) is 46.1 Å². The van der Waals surface area contributed by atoms with Crippen molar-refractivity contribution in [3.05, 3.63) is 47.9 Å². The van der Waals surface area contributed by atoms with E-state index >= 15 is 0 Å². The SMILES string of the molecule is CCNC(=NCc1ccon1)N1CCc2ccccc21. The monoisotopic (exact) mass is 270 g/mol. The molecule has 0 unspecified atom stereocenters. The lowest BCUT2D eigenvalue weighted by molar-refractivity contribution is 0.412. The van der Waals surface area contributed by atoms with Gasteiger partial charge in [-0.15, -0.1) is 0 Å². The molecule has 0 fully saturated rings. The van der Waals surface area contributed by atoms with Gasteiger partial charge in [-0.1, -0.05) is 23.4 Å². The summed E-state index contributed by atoms with van der Waals surface area (Å²) in [7, 11) is 0. The van der Waals surface area contributed by atoms with Crippen LogP contribution in [-0.2, 0) is 13.0 Å². The van der Waals surface area contributed by atoms with Crippen molar-refractivity contribution in [1.29, 1.82) is 0 Å². The summed E-state index contributed by atoms with van der Waals surface area (Å²) in [5.74, 6) is 0.903. The third kappa shape index (κ3) is 2.52. The number of nitrogens with one attached hydrogen (secondary N) is 1. The Labute approximate surface area is 118 Å². The summed E-state index contributed by atoms with van der Waals surface area (Å²) in [5, 5.41) is 7.24. The van der Waals surface area contributed by atoms with E-state index in [0.29, 0.717) is 6.54 Å². The van der Waals surface area contributed by atoms with Crippen LogP contribution in [-0.4, -0.2) is 24.2 Å². The van der Waals surface area contributed by atoms with Gasteiger partial charge in [-0.25, -0.2) is 4.99 Å². The van der Waals surface area contributed by atoms with Gasteiger partial charge in [0, 0.05) is 24.8 Å². The van der Waals surface area contributed by atoms with Crippen molar-refractivity contribution in [2.24, 2.45) is 4.99 Å². The molecule has 0 saturated carbocycles. The van der Waals surface area contributed by atoms with Gasteiger partial charge in [0.25, 0.3) is 0 Å². The molecule has 0 amide bonds. The maximum Gasteiger partial charge on any atom is 0.198 e. The fourth-order valence-corrected chi connectivity index (χ4v) is 2.43. The molecule has 0 saturated heterocycles. The number of nitrogens with zero attached hydrogens (tertiary/aromatic N) is 3. The average molecular weight is 270 g/mol. The normalized spacial score (nSPS) is 14.4. The van der Waals surface area contributed by atoms with E-state index in [9.17, 15) is 0 Å². The van der Waals surface area contributed by atoms with Gasteiger partial charge in [0.2, 0.25) is 0 Å². The molecule has 1 aromatic heterocycles. The zero-order chi connectivity index (χ0) is 13.8. The number of hydrogen-bond acceptors (Lipinski definition) is 3. The molecule has 0 bridgehead atoms. The van der Waals surface area contributed by atoms with E-state index in [4.69, 9.17) is 4.52 Å². The third-order valence-corrected chi connectivity index (χ3v) is 3.36. The number of para-hydroxylation sites is 1. The van der Waals surface area contributed by atoms with Crippen molar-refractivity contribution in [2.75, 3.05) is 18.0 Å². The molecule has 1 aliphatic rings. The summed E-state index contributed by atoms with van der Waals surface area (Å²) in [4.78, 5) is 6.88. The lowest BCUT2D eigenvalue weighted by Crippen LogP contribution is -2.40. The van der Waals surface area contributed by atoms with Gasteiger partial charge in [0.1, 0.15) is 12.0 Å². The number of rotatable bonds is 3. The van der Waals surface area contributed by atoms with Crippen LogP contribution in [0.25, 0.3) is 0 Å². The molecular formula is C15H18N4O. The molecule has 20 heavy (non-hydrogen) atoms. The van der Waals surface area contributed by atoms with Crippen LogP contribution in [0.2, 0.25) is 0 Å². The van der Waals surface area contributed by atoms with E-state index < -0.39 is 0 Å². The largest absolute Gasteiger partial charge is 0.364 e. The molecule has 2 heterocycles. The molecule has 0 radical (unpaired) electrons. The second-order valence-electron chi connectivity index (χ2n) is 4.69. The standard InChI is InChI=1S/C15H18N4O/c1-2-16-15(17-11-13-8-10-20-18-13)19-9-7-12-5-3-4-6-14(12)19/h3-6,8,10H,2,7,9,11H2,1H3,(H,16,17). The molecule has 1 aromatic carbocycles. The fraction of sp³-hybridized carbons (Fsp3) is 0.333.